The lowest BCUT2D eigenvalue weighted by molar-refractivity contribution is -0.147. The predicted molar refractivity (Wildman–Crippen MR) is 68.5 cm³/mol. The lowest BCUT2D eigenvalue weighted by atomic mass is 10.2. The molecule has 2 rings (SSSR count). The average Bonchev–Trinajstić information content (AvgIpc) is 2.67. The minimum Gasteiger partial charge on any atom is -0.328 e. The second-order valence-electron chi connectivity index (χ2n) is 4.14. The van der Waals surface area contributed by atoms with E-state index >= 15 is 0 Å². The lowest BCUT2D eigenvalue weighted by Crippen LogP contribution is -2.22. The Morgan fingerprint density at radius 1 is 1.32 bits per heavy atom. The van der Waals surface area contributed by atoms with E-state index in [0.29, 0.717) is 0 Å². The van der Waals surface area contributed by atoms with Crippen LogP contribution in [-0.2, 0) is 6.18 Å². The lowest BCUT2D eigenvalue weighted by Gasteiger charge is -2.17. The van der Waals surface area contributed by atoms with Gasteiger partial charge in [0, 0.05) is 12.6 Å². The number of hydrogen-bond acceptors (Lipinski definition) is 2. The van der Waals surface area contributed by atoms with Gasteiger partial charge in [0.1, 0.15) is 0 Å². The number of benzene rings is 1. The zero-order valence-electron chi connectivity index (χ0n) is 9.80. The smallest absolute Gasteiger partial charge is 0.328 e. The molecule has 0 amide bonds. The molecule has 0 aliphatic carbocycles. The molecule has 0 aliphatic rings. The van der Waals surface area contributed by atoms with Gasteiger partial charge in [-0.25, -0.2) is 4.98 Å². The van der Waals surface area contributed by atoms with E-state index in [1.807, 2.05) is 0 Å². The Bertz CT molecular complexity index is 622. The van der Waals surface area contributed by atoms with Crippen LogP contribution in [0.1, 0.15) is 18.8 Å². The fourth-order valence-corrected chi connectivity index (χ4v) is 2.16. The topological polar surface area (TPSA) is 43.8 Å². The van der Waals surface area contributed by atoms with E-state index in [1.165, 1.54) is 12.1 Å². The Morgan fingerprint density at radius 3 is 2.42 bits per heavy atom. The molecule has 1 unspecified atom stereocenters. The van der Waals surface area contributed by atoms with Crippen molar-refractivity contribution in [3.05, 3.63) is 28.0 Å². The van der Waals surface area contributed by atoms with Crippen molar-refractivity contribution in [3.8, 4) is 0 Å². The fraction of sp³-hybridized carbons (Fsp3) is 0.364. The van der Waals surface area contributed by atoms with Crippen molar-refractivity contribution < 1.29 is 13.2 Å². The van der Waals surface area contributed by atoms with E-state index in [4.69, 9.17) is 28.9 Å². The van der Waals surface area contributed by atoms with Crippen LogP contribution in [0.25, 0.3) is 11.0 Å². The van der Waals surface area contributed by atoms with Gasteiger partial charge in [-0.15, -0.1) is 0 Å². The molecular weight excluding hydrogens is 302 g/mol. The maximum Gasteiger partial charge on any atom is 0.449 e. The summed E-state index contributed by atoms with van der Waals surface area (Å²) < 4.78 is 40.0. The van der Waals surface area contributed by atoms with Gasteiger partial charge >= 0.3 is 6.18 Å². The Kier molecular flexibility index (Phi) is 3.68. The van der Waals surface area contributed by atoms with Crippen molar-refractivity contribution in [2.45, 2.75) is 19.1 Å². The first kappa shape index (κ1) is 14.4. The first-order chi connectivity index (χ1) is 8.75. The second kappa shape index (κ2) is 4.85. The molecule has 0 aliphatic heterocycles. The van der Waals surface area contributed by atoms with Crippen LogP contribution in [0.5, 0.6) is 0 Å². The SMILES string of the molecule is CC(CN)n1c(C(F)(F)F)nc2cc(Cl)c(Cl)cc21. The third-order valence-corrected chi connectivity index (χ3v) is 3.49. The predicted octanol–water partition coefficient (Wildman–Crippen LogP) is 3.88. The summed E-state index contributed by atoms with van der Waals surface area (Å²) in [5.41, 5.74) is 5.86. The van der Waals surface area contributed by atoms with E-state index < -0.39 is 18.0 Å². The molecule has 2 aromatic rings. The van der Waals surface area contributed by atoms with Gasteiger partial charge in [0.25, 0.3) is 0 Å². The zero-order chi connectivity index (χ0) is 14.4. The van der Waals surface area contributed by atoms with Gasteiger partial charge in [0.2, 0.25) is 5.82 Å². The molecule has 0 bridgehead atoms. The summed E-state index contributed by atoms with van der Waals surface area (Å²) in [6.07, 6.45) is -4.57. The van der Waals surface area contributed by atoms with Crippen LogP contribution in [0.15, 0.2) is 12.1 Å². The molecule has 0 saturated carbocycles. The molecule has 1 atom stereocenters. The highest BCUT2D eigenvalue weighted by atomic mass is 35.5. The summed E-state index contributed by atoms with van der Waals surface area (Å²) in [5, 5.41) is 0.334. The summed E-state index contributed by atoms with van der Waals surface area (Å²) >= 11 is 11.6. The Balaban J connectivity index is 2.82. The Morgan fingerprint density at radius 2 is 1.89 bits per heavy atom. The van der Waals surface area contributed by atoms with Gasteiger partial charge in [0.05, 0.1) is 21.1 Å². The monoisotopic (exact) mass is 311 g/mol. The number of fused-ring (bicyclic) bond motifs is 1. The highest BCUT2D eigenvalue weighted by molar-refractivity contribution is 6.42. The van der Waals surface area contributed by atoms with Crippen molar-refractivity contribution in [1.29, 1.82) is 0 Å². The van der Waals surface area contributed by atoms with Crippen LogP contribution in [0.4, 0.5) is 13.2 Å². The van der Waals surface area contributed by atoms with Gasteiger partial charge in [-0.3, -0.25) is 0 Å². The zero-order valence-corrected chi connectivity index (χ0v) is 11.3. The maximum absolute atomic E-state index is 13.0. The minimum atomic E-state index is -4.57. The third-order valence-electron chi connectivity index (χ3n) is 2.77. The van der Waals surface area contributed by atoms with E-state index in [0.717, 1.165) is 4.57 Å². The quantitative estimate of drug-likeness (QED) is 0.914. The van der Waals surface area contributed by atoms with Crippen molar-refractivity contribution in [2.75, 3.05) is 6.54 Å². The number of rotatable bonds is 2. The highest BCUT2D eigenvalue weighted by Gasteiger charge is 2.38. The summed E-state index contributed by atoms with van der Waals surface area (Å²) in [4.78, 5) is 3.59. The Labute approximate surface area is 117 Å². The third kappa shape index (κ3) is 2.52. The van der Waals surface area contributed by atoms with Crippen LogP contribution < -0.4 is 5.73 Å². The molecule has 1 aromatic carbocycles. The molecule has 8 heteroatoms. The van der Waals surface area contributed by atoms with Crippen LogP contribution >= 0.6 is 23.2 Å². The van der Waals surface area contributed by atoms with Crippen molar-refractivity contribution in [2.24, 2.45) is 5.73 Å². The number of imidazole rings is 1. The van der Waals surface area contributed by atoms with Crippen LogP contribution in [0.3, 0.4) is 0 Å². The molecule has 0 saturated heterocycles. The number of aromatic nitrogens is 2. The van der Waals surface area contributed by atoms with Gasteiger partial charge in [-0.2, -0.15) is 13.2 Å². The van der Waals surface area contributed by atoms with E-state index in [2.05, 4.69) is 4.98 Å². The molecular formula is C11H10Cl2F3N3. The second-order valence-corrected chi connectivity index (χ2v) is 4.96. The van der Waals surface area contributed by atoms with E-state index in [9.17, 15) is 13.2 Å². The molecule has 104 valence electrons. The van der Waals surface area contributed by atoms with Gasteiger partial charge in [-0.05, 0) is 19.1 Å². The van der Waals surface area contributed by atoms with Crippen LogP contribution in [-0.4, -0.2) is 16.1 Å². The van der Waals surface area contributed by atoms with Gasteiger partial charge in [-0.1, -0.05) is 23.2 Å². The summed E-state index contributed by atoms with van der Waals surface area (Å²) in [6.45, 7) is 1.63. The van der Waals surface area contributed by atoms with E-state index in [1.54, 1.807) is 6.92 Å². The maximum atomic E-state index is 13.0. The Hall–Kier alpha value is -0.980. The summed E-state index contributed by atoms with van der Waals surface area (Å²) in [7, 11) is 0. The van der Waals surface area contributed by atoms with Gasteiger partial charge < -0.3 is 10.3 Å². The first-order valence-electron chi connectivity index (χ1n) is 5.40. The first-order valence-corrected chi connectivity index (χ1v) is 6.15. The van der Waals surface area contributed by atoms with Crippen molar-refractivity contribution in [3.63, 3.8) is 0 Å². The number of nitrogens with zero attached hydrogens (tertiary/aromatic N) is 2. The van der Waals surface area contributed by atoms with E-state index in [-0.39, 0.29) is 27.6 Å². The van der Waals surface area contributed by atoms with Crippen molar-refractivity contribution in [1.82, 2.24) is 9.55 Å². The molecule has 1 aromatic heterocycles. The van der Waals surface area contributed by atoms with Gasteiger partial charge in [0.15, 0.2) is 0 Å². The normalized spacial score (nSPS) is 14.1. The molecule has 3 nitrogen and oxygen atoms in total. The molecule has 2 N–H and O–H groups in total. The van der Waals surface area contributed by atoms with Crippen LogP contribution in [0.2, 0.25) is 10.0 Å². The highest BCUT2D eigenvalue weighted by Crippen LogP contribution is 2.36. The fourth-order valence-electron chi connectivity index (χ4n) is 1.84. The molecule has 19 heavy (non-hydrogen) atoms. The summed E-state index contributed by atoms with van der Waals surface area (Å²) in [5.74, 6) is -1.00. The standard InChI is InChI=1S/C11H10Cl2F3N3/c1-5(4-17)19-9-3-7(13)6(12)2-8(9)18-10(19)11(14,15)16/h2-3,5H,4,17H2,1H3. The minimum absolute atomic E-state index is 0.0504. The number of halogens is 5. The molecule has 1 heterocycles. The number of hydrogen-bond donors (Lipinski definition) is 1. The van der Waals surface area contributed by atoms with Crippen molar-refractivity contribution >= 4 is 34.2 Å². The molecule has 0 spiro atoms. The molecule has 0 fully saturated rings. The number of nitrogens with two attached hydrogens (primary N) is 1. The number of alkyl halides is 3. The van der Waals surface area contributed by atoms with Crippen LogP contribution in [0, 0.1) is 0 Å². The molecule has 0 radical (unpaired) electrons. The largest absolute Gasteiger partial charge is 0.449 e. The summed E-state index contributed by atoms with van der Waals surface area (Å²) in [6, 6.07) is 2.13. The average molecular weight is 312 g/mol.